The summed E-state index contributed by atoms with van der Waals surface area (Å²) in [5.74, 6) is 0.991. The number of aryl methyl sites for hydroxylation is 1. The molecule has 5 heteroatoms. The molecule has 2 atom stereocenters. The number of rotatable bonds is 5. The first-order valence-electron chi connectivity index (χ1n) is 22.0. The van der Waals surface area contributed by atoms with Crippen molar-refractivity contribution in [1.29, 1.82) is 0 Å². The van der Waals surface area contributed by atoms with Crippen LogP contribution in [0.1, 0.15) is 46.6 Å². The highest BCUT2D eigenvalue weighted by Crippen LogP contribution is 2.55. The molecule has 10 aromatic rings. The predicted octanol–water partition coefficient (Wildman–Crippen LogP) is 14.6. The summed E-state index contributed by atoms with van der Waals surface area (Å²) >= 11 is 0. The highest BCUT2D eigenvalue weighted by atomic mass is 16.3. The largest absolute Gasteiger partial charge is 0.456 e. The summed E-state index contributed by atoms with van der Waals surface area (Å²) in [6.07, 6.45) is 8.52. The molecule has 2 aliphatic heterocycles. The van der Waals surface area contributed by atoms with Crippen molar-refractivity contribution in [2.45, 2.75) is 25.0 Å². The Morgan fingerprint density at radius 2 is 1.27 bits per heavy atom. The second-order valence-corrected chi connectivity index (χ2v) is 16.8. The quantitative estimate of drug-likeness (QED) is 0.182. The number of allylic oxidation sites excluding steroid dienone is 1. The summed E-state index contributed by atoms with van der Waals surface area (Å²) in [5, 5.41) is 12.8. The van der Waals surface area contributed by atoms with Gasteiger partial charge in [0, 0.05) is 49.8 Å². The van der Waals surface area contributed by atoms with Crippen LogP contribution in [0.5, 0.6) is 0 Å². The van der Waals surface area contributed by atoms with E-state index in [0.717, 1.165) is 58.2 Å². The molecule has 63 heavy (non-hydrogen) atoms. The second kappa shape index (κ2) is 14.4. The average Bonchev–Trinajstić information content (AvgIpc) is 3.87. The van der Waals surface area contributed by atoms with Crippen LogP contribution >= 0.6 is 0 Å². The van der Waals surface area contributed by atoms with E-state index in [2.05, 4.69) is 226 Å². The Morgan fingerprint density at radius 3 is 2.14 bits per heavy atom. The van der Waals surface area contributed by atoms with Crippen LogP contribution in [0.2, 0.25) is 0 Å². The Kier molecular flexibility index (Phi) is 8.18. The van der Waals surface area contributed by atoms with Gasteiger partial charge in [-0.1, -0.05) is 146 Å². The Hall–Kier alpha value is -7.86. The minimum Gasteiger partial charge on any atom is -0.456 e. The Balaban J connectivity index is 0.983. The number of nitrogens with zero attached hydrogens (tertiary/aromatic N) is 2. The molecule has 1 aliphatic carbocycles. The summed E-state index contributed by atoms with van der Waals surface area (Å²) in [5.41, 5.74) is 17.5. The van der Waals surface area contributed by atoms with E-state index < -0.39 is 0 Å². The monoisotopic (exact) mass is 810 g/mol. The molecule has 0 spiro atoms. The number of fused-ring (bicyclic) bond motifs is 11. The van der Waals surface area contributed by atoms with Crippen LogP contribution in [0.4, 0.5) is 17.1 Å². The van der Waals surface area contributed by atoms with Crippen LogP contribution in [0, 0.1) is 0 Å². The van der Waals surface area contributed by atoms with E-state index in [-0.39, 0.29) is 12.2 Å². The van der Waals surface area contributed by atoms with Crippen molar-refractivity contribution in [3.63, 3.8) is 0 Å². The van der Waals surface area contributed by atoms with Gasteiger partial charge in [-0.2, -0.15) is 0 Å². The molecule has 13 rings (SSSR count). The maximum absolute atomic E-state index is 6.29. The van der Waals surface area contributed by atoms with Crippen molar-refractivity contribution in [2.75, 3.05) is 4.90 Å². The molecule has 0 bridgehead atoms. The van der Waals surface area contributed by atoms with Gasteiger partial charge in [-0.05, 0) is 95.6 Å². The van der Waals surface area contributed by atoms with Gasteiger partial charge < -0.3 is 19.2 Å². The topological polar surface area (TPSA) is 45.4 Å². The minimum absolute atomic E-state index is 0.0489. The minimum atomic E-state index is -0.184. The number of para-hydroxylation sites is 4. The van der Waals surface area contributed by atoms with Crippen LogP contribution in [-0.2, 0) is 6.42 Å². The lowest BCUT2D eigenvalue weighted by Crippen LogP contribution is -2.39. The normalized spacial score (nSPS) is 16.5. The third-order valence-electron chi connectivity index (χ3n) is 13.3. The lowest BCUT2D eigenvalue weighted by atomic mass is 9.94. The smallest absolute Gasteiger partial charge is 0.135 e. The van der Waals surface area contributed by atoms with E-state index >= 15 is 0 Å². The van der Waals surface area contributed by atoms with Gasteiger partial charge >= 0.3 is 0 Å². The van der Waals surface area contributed by atoms with Gasteiger partial charge in [0.2, 0.25) is 0 Å². The van der Waals surface area contributed by atoms with E-state index in [1.165, 1.54) is 66.1 Å². The van der Waals surface area contributed by atoms with Crippen LogP contribution < -0.4 is 15.5 Å². The zero-order chi connectivity index (χ0) is 41.4. The molecule has 3 aliphatic rings. The van der Waals surface area contributed by atoms with Crippen molar-refractivity contribution in [3.05, 3.63) is 228 Å². The number of furan rings is 1. The molecule has 4 heterocycles. The molecule has 0 amide bonds. The fourth-order valence-corrected chi connectivity index (χ4v) is 10.5. The predicted molar refractivity (Wildman–Crippen MR) is 260 cm³/mol. The van der Waals surface area contributed by atoms with Gasteiger partial charge in [0.05, 0.1) is 34.3 Å². The molecule has 300 valence electrons. The van der Waals surface area contributed by atoms with Gasteiger partial charge in [0.1, 0.15) is 17.5 Å². The highest BCUT2D eigenvalue weighted by molar-refractivity contribution is 6.14. The van der Waals surface area contributed by atoms with Crippen LogP contribution in [-0.4, -0.2) is 4.57 Å². The van der Waals surface area contributed by atoms with Crippen molar-refractivity contribution in [1.82, 2.24) is 15.2 Å². The van der Waals surface area contributed by atoms with E-state index in [0.29, 0.717) is 0 Å². The van der Waals surface area contributed by atoms with Crippen LogP contribution in [0.15, 0.2) is 205 Å². The van der Waals surface area contributed by atoms with Crippen molar-refractivity contribution < 1.29 is 4.42 Å². The Morgan fingerprint density at radius 1 is 0.571 bits per heavy atom. The molecular formula is C58H42N4O. The average molecular weight is 811 g/mol. The van der Waals surface area contributed by atoms with Gasteiger partial charge in [-0.3, -0.25) is 5.32 Å². The number of benzene rings is 8. The van der Waals surface area contributed by atoms with Crippen LogP contribution in [0.3, 0.4) is 0 Å². The van der Waals surface area contributed by atoms with E-state index in [9.17, 15) is 0 Å². The third-order valence-corrected chi connectivity index (χ3v) is 13.3. The maximum atomic E-state index is 6.29. The highest BCUT2D eigenvalue weighted by Gasteiger charge is 2.33. The zero-order valence-corrected chi connectivity index (χ0v) is 34.5. The fraction of sp³-hybridized carbons (Fsp3) is 0.0690. The molecule has 0 fully saturated rings. The molecule has 0 saturated heterocycles. The van der Waals surface area contributed by atoms with Gasteiger partial charge in [-0.15, -0.1) is 0 Å². The molecule has 5 nitrogen and oxygen atoms in total. The zero-order valence-electron chi connectivity index (χ0n) is 34.5. The Bertz CT molecular complexity index is 3480. The lowest BCUT2D eigenvalue weighted by molar-refractivity contribution is 0.445. The van der Waals surface area contributed by atoms with Crippen LogP contribution in [0.25, 0.3) is 72.5 Å². The maximum Gasteiger partial charge on any atom is 0.135 e. The van der Waals surface area contributed by atoms with Crippen molar-refractivity contribution in [2.24, 2.45) is 0 Å². The summed E-state index contributed by atoms with van der Waals surface area (Å²) in [7, 11) is 0. The van der Waals surface area contributed by atoms with Crippen molar-refractivity contribution in [3.8, 4) is 28.1 Å². The number of aromatic nitrogens is 1. The first-order chi connectivity index (χ1) is 31.3. The molecule has 2 aromatic heterocycles. The first-order valence-corrected chi connectivity index (χ1v) is 22.0. The second-order valence-electron chi connectivity index (χ2n) is 16.8. The molecule has 2 N–H and O–H groups in total. The summed E-state index contributed by atoms with van der Waals surface area (Å²) in [6, 6.07) is 68.4. The summed E-state index contributed by atoms with van der Waals surface area (Å²) in [4.78, 5) is 2.50. The number of hydrogen-bond donors (Lipinski definition) is 2. The van der Waals surface area contributed by atoms with E-state index in [1.54, 1.807) is 0 Å². The van der Waals surface area contributed by atoms with Gasteiger partial charge in [0.15, 0.2) is 0 Å². The van der Waals surface area contributed by atoms with Crippen molar-refractivity contribution >= 4 is 61.5 Å². The van der Waals surface area contributed by atoms with Gasteiger partial charge in [0.25, 0.3) is 0 Å². The molecule has 0 saturated carbocycles. The van der Waals surface area contributed by atoms with Gasteiger partial charge in [-0.25, -0.2) is 0 Å². The fourth-order valence-electron chi connectivity index (χ4n) is 10.5. The number of hydrogen-bond acceptors (Lipinski definition) is 4. The molecule has 8 aromatic carbocycles. The Labute approximate surface area is 365 Å². The third kappa shape index (κ3) is 5.67. The summed E-state index contributed by atoms with van der Waals surface area (Å²) in [6.45, 7) is 0. The summed E-state index contributed by atoms with van der Waals surface area (Å²) < 4.78 is 8.75. The number of anilines is 3. The van der Waals surface area contributed by atoms with E-state index in [1.807, 2.05) is 0 Å². The molecule has 0 radical (unpaired) electrons. The SMILES string of the molecule is C1=Cc2oc3ccc(C4C=C(c5ccccc5)NC(c5cccc6c(N7c8ccccc8-c8c(n(-c9ccccc9)c9ccccc89)-c8ccccc87)cccc56)N4)cc3c2CC1. The standard InChI is InChI=1S/C58H42N4O/c1-3-17-37(18-4-1)48-36-49(38-33-34-55-47(35-38)42-21-10-14-32-54(42)63-55)60-58(59-48)43-27-15-26-41-40(43)25-16-31-50(41)62-52-29-12-8-23-45(52)56-44-22-7-11-28-51(44)61(39-19-5-2-6-20-39)57(56)46-24-9-13-30-53(46)62/h1-9,11-20,22-36,49,58-60H,10,21H2. The first kappa shape index (κ1) is 35.9. The number of nitrogens with one attached hydrogen (secondary N) is 2. The van der Waals surface area contributed by atoms with E-state index in [4.69, 9.17) is 4.42 Å². The molecule has 2 unspecified atom stereocenters. The molecular weight excluding hydrogens is 769 g/mol. The lowest BCUT2D eigenvalue weighted by Gasteiger charge is -2.34.